The quantitative estimate of drug-likeness (QED) is 0.675. The molecule has 0 saturated carbocycles. The highest BCUT2D eigenvalue weighted by Crippen LogP contribution is 2.09. The van der Waals surface area contributed by atoms with E-state index in [4.69, 9.17) is 4.74 Å². The molecule has 3 nitrogen and oxygen atoms in total. The fourth-order valence-corrected chi connectivity index (χ4v) is 1.50. The van der Waals surface area contributed by atoms with E-state index >= 15 is 0 Å². The first-order chi connectivity index (χ1) is 6.74. The van der Waals surface area contributed by atoms with E-state index in [1.807, 2.05) is 7.05 Å². The molecule has 0 atom stereocenters. The van der Waals surface area contributed by atoms with Gasteiger partial charge >= 0.3 is 0 Å². The summed E-state index contributed by atoms with van der Waals surface area (Å²) < 4.78 is 5.47. The molecular formula is C11H20N2O. The van der Waals surface area contributed by atoms with Crippen LogP contribution in [0, 0.1) is 13.8 Å². The van der Waals surface area contributed by atoms with Crippen LogP contribution in [0.2, 0.25) is 0 Å². The zero-order chi connectivity index (χ0) is 10.4. The normalized spacial score (nSPS) is 10.8. The summed E-state index contributed by atoms with van der Waals surface area (Å²) in [5.74, 6) is 0. The fourth-order valence-electron chi connectivity index (χ4n) is 1.50. The zero-order valence-corrected chi connectivity index (χ0v) is 9.31. The number of likely N-dealkylation sites (N-methyl/N-ethyl adjacent to an activating group) is 1. The first-order valence-corrected chi connectivity index (χ1v) is 5.11. The van der Waals surface area contributed by atoms with Gasteiger partial charge in [-0.3, -0.25) is 0 Å². The maximum Gasteiger partial charge on any atom is 0.0590 e. The van der Waals surface area contributed by atoms with Crippen molar-refractivity contribution in [3.05, 3.63) is 23.0 Å². The topological polar surface area (TPSA) is 37.0 Å². The highest BCUT2D eigenvalue weighted by Gasteiger charge is 2.00. The average Bonchev–Trinajstić information content (AvgIpc) is 2.45. The zero-order valence-electron chi connectivity index (χ0n) is 9.31. The third kappa shape index (κ3) is 3.52. The van der Waals surface area contributed by atoms with Gasteiger partial charge in [-0.15, -0.1) is 0 Å². The van der Waals surface area contributed by atoms with Crippen molar-refractivity contribution in [3.63, 3.8) is 0 Å². The first kappa shape index (κ1) is 11.3. The molecule has 0 unspecified atom stereocenters. The standard InChI is InChI=1S/C11H20N2O/c1-9-8-11(10(2)13-9)4-6-14-7-5-12-3/h8,12-13H,4-7H2,1-3H3. The minimum atomic E-state index is 0.791. The van der Waals surface area contributed by atoms with Crippen LogP contribution in [0.25, 0.3) is 0 Å². The number of aryl methyl sites for hydroxylation is 2. The minimum absolute atomic E-state index is 0.791. The summed E-state index contributed by atoms with van der Waals surface area (Å²) in [6, 6.07) is 2.19. The number of aromatic amines is 1. The number of nitrogens with one attached hydrogen (secondary N) is 2. The van der Waals surface area contributed by atoms with Gasteiger partial charge in [0.05, 0.1) is 13.2 Å². The van der Waals surface area contributed by atoms with E-state index in [1.165, 1.54) is 17.0 Å². The molecule has 0 radical (unpaired) electrons. The summed E-state index contributed by atoms with van der Waals surface area (Å²) >= 11 is 0. The van der Waals surface area contributed by atoms with Gasteiger partial charge in [0.2, 0.25) is 0 Å². The number of H-pyrrole nitrogens is 1. The third-order valence-corrected chi connectivity index (χ3v) is 2.27. The second-order valence-electron chi connectivity index (χ2n) is 3.57. The molecule has 0 amide bonds. The molecular weight excluding hydrogens is 176 g/mol. The molecule has 1 heterocycles. The van der Waals surface area contributed by atoms with Gasteiger partial charge in [0.15, 0.2) is 0 Å². The van der Waals surface area contributed by atoms with Crippen molar-refractivity contribution < 1.29 is 4.74 Å². The van der Waals surface area contributed by atoms with E-state index in [0.29, 0.717) is 0 Å². The summed E-state index contributed by atoms with van der Waals surface area (Å²) in [7, 11) is 1.93. The molecule has 80 valence electrons. The largest absolute Gasteiger partial charge is 0.380 e. The Labute approximate surface area is 85.9 Å². The summed E-state index contributed by atoms with van der Waals surface area (Å²) in [6.45, 7) is 6.71. The molecule has 14 heavy (non-hydrogen) atoms. The van der Waals surface area contributed by atoms with Gasteiger partial charge in [-0.25, -0.2) is 0 Å². The predicted octanol–water partition coefficient (Wildman–Crippen LogP) is 1.41. The number of aromatic nitrogens is 1. The molecule has 2 N–H and O–H groups in total. The minimum Gasteiger partial charge on any atom is -0.380 e. The van der Waals surface area contributed by atoms with Crippen LogP contribution in [0.1, 0.15) is 17.0 Å². The van der Waals surface area contributed by atoms with Crippen LogP contribution in [-0.4, -0.2) is 31.8 Å². The third-order valence-electron chi connectivity index (χ3n) is 2.27. The second kappa shape index (κ2) is 5.83. The van der Waals surface area contributed by atoms with Crippen molar-refractivity contribution in [1.82, 2.24) is 10.3 Å². The lowest BCUT2D eigenvalue weighted by atomic mass is 10.2. The van der Waals surface area contributed by atoms with E-state index in [2.05, 4.69) is 30.2 Å². The lowest BCUT2D eigenvalue weighted by Gasteiger charge is -2.03. The van der Waals surface area contributed by atoms with Crippen molar-refractivity contribution in [2.45, 2.75) is 20.3 Å². The number of rotatable bonds is 6. The van der Waals surface area contributed by atoms with E-state index in [0.717, 1.165) is 26.2 Å². The van der Waals surface area contributed by atoms with Crippen LogP contribution >= 0.6 is 0 Å². The van der Waals surface area contributed by atoms with Crippen molar-refractivity contribution in [3.8, 4) is 0 Å². The molecule has 0 saturated heterocycles. The van der Waals surface area contributed by atoms with Crippen LogP contribution < -0.4 is 5.32 Å². The highest BCUT2D eigenvalue weighted by atomic mass is 16.5. The molecule has 3 heteroatoms. The van der Waals surface area contributed by atoms with E-state index < -0.39 is 0 Å². The van der Waals surface area contributed by atoms with Gasteiger partial charge in [0.25, 0.3) is 0 Å². The van der Waals surface area contributed by atoms with E-state index in [-0.39, 0.29) is 0 Å². The molecule has 0 spiro atoms. The number of hydrogen-bond acceptors (Lipinski definition) is 2. The lowest BCUT2D eigenvalue weighted by molar-refractivity contribution is 0.140. The molecule has 0 fully saturated rings. The monoisotopic (exact) mass is 196 g/mol. The Hall–Kier alpha value is -0.800. The molecule has 0 aliphatic carbocycles. The SMILES string of the molecule is CNCCOCCc1cc(C)[nH]c1C. The highest BCUT2D eigenvalue weighted by molar-refractivity contribution is 5.24. The molecule has 0 aliphatic rings. The lowest BCUT2D eigenvalue weighted by Crippen LogP contribution is -2.15. The van der Waals surface area contributed by atoms with Crippen LogP contribution in [0.4, 0.5) is 0 Å². The van der Waals surface area contributed by atoms with Crippen LogP contribution in [0.15, 0.2) is 6.07 Å². The van der Waals surface area contributed by atoms with E-state index in [9.17, 15) is 0 Å². The summed E-state index contributed by atoms with van der Waals surface area (Å²) in [6.07, 6.45) is 1.000. The smallest absolute Gasteiger partial charge is 0.0590 e. The van der Waals surface area contributed by atoms with Crippen molar-refractivity contribution >= 4 is 0 Å². The van der Waals surface area contributed by atoms with Gasteiger partial charge in [0, 0.05) is 17.9 Å². The molecule has 0 aliphatic heterocycles. The molecule has 1 aromatic rings. The van der Waals surface area contributed by atoms with E-state index in [1.54, 1.807) is 0 Å². The molecule has 1 rings (SSSR count). The molecule has 1 aromatic heterocycles. The average molecular weight is 196 g/mol. The van der Waals surface area contributed by atoms with Gasteiger partial charge in [-0.05, 0) is 38.9 Å². The number of hydrogen-bond donors (Lipinski definition) is 2. The van der Waals surface area contributed by atoms with Crippen molar-refractivity contribution in [1.29, 1.82) is 0 Å². The fraction of sp³-hybridized carbons (Fsp3) is 0.636. The summed E-state index contributed by atoms with van der Waals surface area (Å²) in [5, 5.41) is 3.05. The van der Waals surface area contributed by atoms with Gasteiger partial charge in [-0.1, -0.05) is 0 Å². The molecule has 0 bridgehead atoms. The Morgan fingerprint density at radius 1 is 1.36 bits per heavy atom. The maximum absolute atomic E-state index is 5.47. The maximum atomic E-state index is 5.47. The van der Waals surface area contributed by atoms with Gasteiger partial charge < -0.3 is 15.0 Å². The van der Waals surface area contributed by atoms with Crippen LogP contribution in [-0.2, 0) is 11.2 Å². The van der Waals surface area contributed by atoms with Crippen molar-refractivity contribution in [2.75, 3.05) is 26.8 Å². The Morgan fingerprint density at radius 3 is 2.71 bits per heavy atom. The Balaban J connectivity index is 2.21. The first-order valence-electron chi connectivity index (χ1n) is 5.11. The summed E-state index contributed by atoms with van der Waals surface area (Å²) in [5.41, 5.74) is 3.86. The Kier molecular flexibility index (Phi) is 4.70. The van der Waals surface area contributed by atoms with Crippen LogP contribution in [0.5, 0.6) is 0 Å². The van der Waals surface area contributed by atoms with Gasteiger partial charge in [-0.2, -0.15) is 0 Å². The van der Waals surface area contributed by atoms with Crippen molar-refractivity contribution in [2.24, 2.45) is 0 Å². The Bertz CT molecular complexity index is 268. The molecule has 0 aromatic carbocycles. The summed E-state index contributed by atoms with van der Waals surface area (Å²) in [4.78, 5) is 3.29. The van der Waals surface area contributed by atoms with Gasteiger partial charge in [0.1, 0.15) is 0 Å². The Morgan fingerprint density at radius 2 is 2.14 bits per heavy atom. The predicted molar refractivity (Wildman–Crippen MR) is 58.7 cm³/mol. The second-order valence-corrected chi connectivity index (χ2v) is 3.57. The van der Waals surface area contributed by atoms with Crippen LogP contribution in [0.3, 0.4) is 0 Å². The number of ether oxygens (including phenoxy) is 1.